The normalized spacial score (nSPS) is 17.0. The highest BCUT2D eigenvalue weighted by Crippen LogP contribution is 2.32. The number of quaternary nitrogens is 1. The third kappa shape index (κ3) is 4.42. The van der Waals surface area contributed by atoms with E-state index in [1.807, 2.05) is 12.1 Å². The van der Waals surface area contributed by atoms with Crippen molar-refractivity contribution < 1.29 is 15.2 Å². The van der Waals surface area contributed by atoms with E-state index in [4.69, 9.17) is 29.0 Å². The maximum Gasteiger partial charge on any atom is 0.267 e. The Hall–Kier alpha value is -1.94. The molecule has 9 heteroatoms. The van der Waals surface area contributed by atoms with Crippen molar-refractivity contribution in [3.63, 3.8) is 0 Å². The quantitative estimate of drug-likeness (QED) is 0.401. The van der Waals surface area contributed by atoms with Crippen molar-refractivity contribution in [2.24, 2.45) is 0 Å². The fourth-order valence-corrected chi connectivity index (χ4v) is 3.63. The van der Waals surface area contributed by atoms with Crippen LogP contribution >= 0.6 is 35.6 Å². The maximum absolute atomic E-state index is 12.6. The molecule has 0 aliphatic carbocycles. The Morgan fingerprint density at radius 2 is 1.88 bits per heavy atom. The Morgan fingerprint density at radius 1 is 1.23 bits per heavy atom. The maximum atomic E-state index is 12.6. The molecule has 1 heterocycles. The van der Waals surface area contributed by atoms with Crippen LogP contribution in [-0.4, -0.2) is 27.0 Å². The summed E-state index contributed by atoms with van der Waals surface area (Å²) in [6, 6.07) is 13.5. The lowest BCUT2D eigenvalue weighted by Crippen LogP contribution is -2.99. The molecule has 26 heavy (non-hydrogen) atoms. The van der Waals surface area contributed by atoms with Gasteiger partial charge in [-0.3, -0.25) is 9.69 Å². The van der Waals surface area contributed by atoms with Crippen LogP contribution in [0.15, 0.2) is 53.4 Å². The molecule has 3 rings (SSSR count). The van der Waals surface area contributed by atoms with Crippen molar-refractivity contribution in [3.05, 3.63) is 69.2 Å². The first-order valence-corrected chi connectivity index (χ1v) is 9.12. The molecular weight excluding hydrogens is 394 g/mol. The fraction of sp³-hybridized carbons (Fsp3) is 0.0588. The number of carbonyl (C=O) groups is 1. The molecule has 2 aromatic carbocycles. The topological polar surface area (TPSA) is 80.1 Å². The number of benzene rings is 2. The summed E-state index contributed by atoms with van der Waals surface area (Å²) in [5.41, 5.74) is 1.77. The molecule has 0 spiro atoms. The Morgan fingerprint density at radius 3 is 2.50 bits per heavy atom. The van der Waals surface area contributed by atoms with Crippen molar-refractivity contribution in [1.29, 1.82) is 0 Å². The number of hydrogen-bond acceptors (Lipinski definition) is 6. The summed E-state index contributed by atoms with van der Waals surface area (Å²) in [5.74, 6) is -0.176. The summed E-state index contributed by atoms with van der Waals surface area (Å²) in [5, 5.41) is 22.5. The van der Waals surface area contributed by atoms with Crippen LogP contribution in [0.3, 0.4) is 0 Å². The van der Waals surface area contributed by atoms with E-state index in [0.29, 0.717) is 19.9 Å². The second-order valence-corrected chi connectivity index (χ2v) is 7.49. The first-order chi connectivity index (χ1) is 12.4. The van der Waals surface area contributed by atoms with Crippen molar-refractivity contribution in [2.45, 2.75) is 0 Å². The molecule has 0 bridgehead atoms. The van der Waals surface area contributed by atoms with Gasteiger partial charge in [0.25, 0.3) is 5.91 Å². The van der Waals surface area contributed by atoms with Crippen LogP contribution in [0.5, 0.6) is 0 Å². The zero-order valence-electron chi connectivity index (χ0n) is 13.3. The first-order valence-electron chi connectivity index (χ1n) is 7.52. The number of nitrogens with one attached hydrogen (secondary N) is 2. The van der Waals surface area contributed by atoms with Crippen molar-refractivity contribution >= 4 is 63.3 Å². The molecule has 0 aromatic heterocycles. The predicted octanol–water partition coefficient (Wildman–Crippen LogP) is 3.01. The van der Waals surface area contributed by atoms with Crippen LogP contribution in [0.25, 0.3) is 6.08 Å². The number of carbonyl (C=O) groups excluding carboxylic acids is 1. The molecule has 1 saturated heterocycles. The molecule has 3 N–H and O–H groups in total. The van der Waals surface area contributed by atoms with E-state index in [1.165, 1.54) is 28.8 Å². The minimum Gasteiger partial charge on any atom is -0.595 e. The van der Waals surface area contributed by atoms with Gasteiger partial charge in [0, 0.05) is 22.8 Å². The third-order valence-corrected chi connectivity index (χ3v) is 5.24. The second kappa shape index (κ2) is 8.17. The van der Waals surface area contributed by atoms with Crippen LogP contribution in [0, 0.1) is 5.21 Å². The van der Waals surface area contributed by atoms with E-state index in [0.717, 1.165) is 5.56 Å². The Balaban J connectivity index is 1.66. The van der Waals surface area contributed by atoms with Gasteiger partial charge in [0.15, 0.2) is 5.69 Å². The molecule has 1 aliphatic rings. The van der Waals surface area contributed by atoms with Crippen molar-refractivity contribution in [2.75, 3.05) is 12.0 Å². The summed E-state index contributed by atoms with van der Waals surface area (Å²) >= 11 is 12.4. The average Bonchev–Trinajstić information content (AvgIpc) is 2.89. The molecular formula is C17H14ClN3O3S2. The first kappa shape index (κ1) is 18.8. The number of amides is 1. The average molecular weight is 408 g/mol. The van der Waals surface area contributed by atoms with E-state index < -0.39 is 5.23 Å². The van der Waals surface area contributed by atoms with Gasteiger partial charge >= 0.3 is 0 Å². The lowest BCUT2D eigenvalue weighted by molar-refractivity contribution is -0.991. The van der Waals surface area contributed by atoms with Gasteiger partial charge in [-0.1, -0.05) is 47.7 Å². The highest BCUT2D eigenvalue weighted by atomic mass is 35.5. The highest BCUT2D eigenvalue weighted by molar-refractivity contribution is 8.26. The zero-order chi connectivity index (χ0) is 18.7. The molecule has 0 radical (unpaired) electrons. The zero-order valence-corrected chi connectivity index (χ0v) is 15.7. The Bertz CT molecular complexity index is 855. The van der Waals surface area contributed by atoms with Crippen LogP contribution < -0.4 is 10.5 Å². The van der Waals surface area contributed by atoms with Crippen molar-refractivity contribution in [3.8, 4) is 0 Å². The van der Waals surface area contributed by atoms with Gasteiger partial charge in [0.1, 0.15) is 4.32 Å². The largest absolute Gasteiger partial charge is 0.595 e. The number of hydrogen-bond donors (Lipinski definition) is 3. The number of anilines is 1. The van der Waals surface area contributed by atoms with Crippen LogP contribution in [0.2, 0.25) is 5.02 Å². The lowest BCUT2D eigenvalue weighted by Gasteiger charge is -2.17. The Labute approximate surface area is 164 Å². The van der Waals surface area contributed by atoms with Gasteiger partial charge in [-0.15, -0.1) is 0 Å². The van der Waals surface area contributed by atoms with Crippen LogP contribution in [0.4, 0.5) is 11.4 Å². The summed E-state index contributed by atoms with van der Waals surface area (Å²) in [4.78, 5) is 14.6. The molecule has 134 valence electrons. The predicted molar refractivity (Wildman–Crippen MR) is 107 cm³/mol. The summed E-state index contributed by atoms with van der Waals surface area (Å²) in [6.07, 6.45) is 1.78. The number of thiocarbonyl (C=S) groups is 1. The van der Waals surface area contributed by atoms with E-state index in [2.05, 4.69) is 5.32 Å². The second-order valence-electron chi connectivity index (χ2n) is 5.38. The number of nitrogens with zero attached hydrogens (tertiary/aromatic N) is 1. The molecule has 1 unspecified atom stereocenters. The number of halogens is 1. The summed E-state index contributed by atoms with van der Waals surface area (Å²) < 4.78 is 0.463. The summed E-state index contributed by atoms with van der Waals surface area (Å²) in [6.45, 7) is 0.203. The third-order valence-electron chi connectivity index (χ3n) is 3.61. The smallest absolute Gasteiger partial charge is 0.267 e. The molecule has 1 aliphatic heterocycles. The molecule has 1 atom stereocenters. The van der Waals surface area contributed by atoms with Crippen LogP contribution in [0.1, 0.15) is 5.56 Å². The minimum absolute atomic E-state index is 0.176. The minimum atomic E-state index is -0.985. The van der Waals surface area contributed by atoms with Gasteiger partial charge < -0.3 is 10.5 Å². The van der Waals surface area contributed by atoms with Gasteiger partial charge in [-0.2, -0.15) is 5.23 Å². The highest BCUT2D eigenvalue weighted by Gasteiger charge is 2.31. The lowest BCUT2D eigenvalue weighted by atomic mass is 10.2. The SMILES string of the molecule is O=C1C(=Cc2ccc(Cl)cc2)SC(=S)N1CNc1ccc([NH+]([O-])O)cc1. The standard InChI is InChI=1S/C17H14ClN3O3S2/c18-12-3-1-11(2-4-12)9-15-16(22)20(17(25)26-15)10-19-13-5-7-14(8-6-13)21(23)24/h1-9,19,21,23H,10H2. The summed E-state index contributed by atoms with van der Waals surface area (Å²) in [7, 11) is 0. The Kier molecular flexibility index (Phi) is 5.92. The van der Waals surface area contributed by atoms with Crippen LogP contribution in [-0.2, 0) is 4.79 Å². The van der Waals surface area contributed by atoms with Gasteiger partial charge in [-0.05, 0) is 35.9 Å². The fourth-order valence-electron chi connectivity index (χ4n) is 2.25. The van der Waals surface area contributed by atoms with Gasteiger partial charge in [0.2, 0.25) is 0 Å². The van der Waals surface area contributed by atoms with Gasteiger partial charge in [0.05, 0.1) is 11.6 Å². The molecule has 0 saturated carbocycles. The molecule has 6 nitrogen and oxygen atoms in total. The molecule has 1 fully saturated rings. The van der Waals surface area contributed by atoms with Crippen molar-refractivity contribution in [1.82, 2.24) is 4.90 Å². The van der Waals surface area contributed by atoms with E-state index in [9.17, 15) is 10.0 Å². The van der Waals surface area contributed by atoms with E-state index >= 15 is 0 Å². The van der Waals surface area contributed by atoms with Gasteiger partial charge in [-0.25, -0.2) is 5.21 Å². The molecule has 1 amide bonds. The number of thioether (sulfide) groups is 1. The monoisotopic (exact) mass is 407 g/mol. The molecule has 2 aromatic rings. The van der Waals surface area contributed by atoms with E-state index in [1.54, 1.807) is 30.3 Å². The van der Waals surface area contributed by atoms with E-state index in [-0.39, 0.29) is 18.3 Å². The number of rotatable bonds is 5.